The van der Waals surface area contributed by atoms with Crippen molar-refractivity contribution < 1.29 is 23.8 Å². The summed E-state index contributed by atoms with van der Waals surface area (Å²) in [5.74, 6) is 0.521. The monoisotopic (exact) mass is 457 g/mol. The van der Waals surface area contributed by atoms with Crippen molar-refractivity contribution in [3.8, 4) is 17.2 Å². The molecule has 0 spiro atoms. The standard InChI is InChI=1S/C27H23NO6/c1-3-32-18-12-10-17(11-13-18)28-24(16-9-14-20(29)22(15-16)33-4-2)23-25(30)19-7-5-6-8-21(19)34-26(23)27(28)31/h5-15,24,29H,3-4H2,1-2H3. The summed E-state index contributed by atoms with van der Waals surface area (Å²) in [5.41, 5.74) is 1.54. The van der Waals surface area contributed by atoms with Gasteiger partial charge in [-0.3, -0.25) is 14.5 Å². The first-order valence-corrected chi connectivity index (χ1v) is 11.1. The second kappa shape index (κ2) is 8.59. The van der Waals surface area contributed by atoms with Gasteiger partial charge in [0.2, 0.25) is 5.76 Å². The molecule has 0 radical (unpaired) electrons. The number of para-hydroxylation sites is 1. The summed E-state index contributed by atoms with van der Waals surface area (Å²) in [7, 11) is 0. The predicted molar refractivity (Wildman–Crippen MR) is 128 cm³/mol. The van der Waals surface area contributed by atoms with Gasteiger partial charge in [-0.1, -0.05) is 18.2 Å². The first-order chi connectivity index (χ1) is 16.5. The van der Waals surface area contributed by atoms with Crippen LogP contribution < -0.4 is 19.8 Å². The average Bonchev–Trinajstić information content (AvgIpc) is 3.14. The number of ether oxygens (including phenoxy) is 2. The molecule has 0 saturated carbocycles. The van der Waals surface area contributed by atoms with Gasteiger partial charge in [0.25, 0.3) is 5.91 Å². The molecule has 4 aromatic rings. The van der Waals surface area contributed by atoms with E-state index in [2.05, 4.69) is 0 Å². The molecule has 2 heterocycles. The highest BCUT2D eigenvalue weighted by Crippen LogP contribution is 2.43. The number of phenolic OH excluding ortho intramolecular Hbond substituents is 1. The molecule has 7 nitrogen and oxygen atoms in total. The van der Waals surface area contributed by atoms with Gasteiger partial charge < -0.3 is 19.0 Å². The molecule has 5 rings (SSSR count). The van der Waals surface area contributed by atoms with E-state index in [1.54, 1.807) is 60.7 Å². The van der Waals surface area contributed by atoms with Crippen molar-refractivity contribution in [2.24, 2.45) is 0 Å². The first-order valence-electron chi connectivity index (χ1n) is 11.1. The molecule has 1 aliphatic heterocycles. The van der Waals surface area contributed by atoms with E-state index < -0.39 is 11.9 Å². The summed E-state index contributed by atoms with van der Waals surface area (Å²) in [5, 5.41) is 10.6. The van der Waals surface area contributed by atoms with Gasteiger partial charge >= 0.3 is 0 Å². The van der Waals surface area contributed by atoms with E-state index in [9.17, 15) is 14.7 Å². The van der Waals surface area contributed by atoms with Gasteiger partial charge in [0.05, 0.1) is 30.2 Å². The van der Waals surface area contributed by atoms with E-state index in [0.717, 1.165) is 0 Å². The van der Waals surface area contributed by atoms with Crippen molar-refractivity contribution in [1.29, 1.82) is 0 Å². The Hall–Kier alpha value is -4.26. The lowest BCUT2D eigenvalue weighted by Gasteiger charge is -2.26. The summed E-state index contributed by atoms with van der Waals surface area (Å²) >= 11 is 0. The number of aromatic hydroxyl groups is 1. The van der Waals surface area contributed by atoms with E-state index in [4.69, 9.17) is 13.9 Å². The lowest BCUT2D eigenvalue weighted by atomic mass is 9.97. The highest BCUT2D eigenvalue weighted by molar-refractivity contribution is 6.10. The van der Waals surface area contributed by atoms with Crippen molar-refractivity contribution in [3.63, 3.8) is 0 Å². The molecule has 34 heavy (non-hydrogen) atoms. The van der Waals surface area contributed by atoms with Crippen molar-refractivity contribution in [3.05, 3.63) is 93.8 Å². The Bertz CT molecular complexity index is 1440. The third-order valence-electron chi connectivity index (χ3n) is 5.80. The number of carbonyl (C=O) groups is 1. The van der Waals surface area contributed by atoms with Crippen molar-refractivity contribution in [2.45, 2.75) is 19.9 Å². The van der Waals surface area contributed by atoms with Crippen LogP contribution in [0, 0.1) is 0 Å². The van der Waals surface area contributed by atoms with Gasteiger partial charge in [0.1, 0.15) is 11.3 Å². The fourth-order valence-electron chi connectivity index (χ4n) is 4.34. The number of phenols is 1. The quantitative estimate of drug-likeness (QED) is 0.436. The Balaban J connectivity index is 1.74. The number of anilines is 1. The summed E-state index contributed by atoms with van der Waals surface area (Å²) < 4.78 is 17.1. The average molecular weight is 457 g/mol. The van der Waals surface area contributed by atoms with Crippen molar-refractivity contribution in [1.82, 2.24) is 0 Å². The van der Waals surface area contributed by atoms with E-state index in [-0.39, 0.29) is 28.3 Å². The van der Waals surface area contributed by atoms with Gasteiger partial charge in [0.15, 0.2) is 16.9 Å². The molecule has 0 aliphatic carbocycles. The minimum atomic E-state index is -0.763. The third-order valence-corrected chi connectivity index (χ3v) is 5.80. The lowest BCUT2D eigenvalue weighted by molar-refractivity contribution is 0.0971. The van der Waals surface area contributed by atoms with Crippen molar-refractivity contribution >= 4 is 22.6 Å². The van der Waals surface area contributed by atoms with Crippen LogP contribution in [0.5, 0.6) is 17.2 Å². The van der Waals surface area contributed by atoms with Gasteiger partial charge in [-0.05, 0) is 67.9 Å². The third kappa shape index (κ3) is 3.46. The number of hydrogen-bond donors (Lipinski definition) is 1. The number of hydrogen-bond acceptors (Lipinski definition) is 6. The van der Waals surface area contributed by atoms with Crippen LogP contribution in [0.15, 0.2) is 75.9 Å². The van der Waals surface area contributed by atoms with E-state index >= 15 is 0 Å². The van der Waals surface area contributed by atoms with Crippen molar-refractivity contribution in [2.75, 3.05) is 18.1 Å². The maximum atomic E-state index is 13.6. The van der Waals surface area contributed by atoms with E-state index in [1.807, 2.05) is 13.8 Å². The molecule has 1 aliphatic rings. The molecule has 1 atom stereocenters. The molecule has 1 aromatic heterocycles. The minimum Gasteiger partial charge on any atom is -0.504 e. The number of rotatable bonds is 6. The fraction of sp³-hybridized carbons (Fsp3) is 0.185. The van der Waals surface area contributed by atoms with E-state index in [1.165, 1.54) is 11.0 Å². The Morgan fingerprint density at radius 3 is 2.41 bits per heavy atom. The van der Waals surface area contributed by atoms with Gasteiger partial charge in [-0.2, -0.15) is 0 Å². The number of benzene rings is 3. The molecular weight excluding hydrogens is 434 g/mol. The lowest BCUT2D eigenvalue weighted by Crippen LogP contribution is -2.29. The van der Waals surface area contributed by atoms with Crippen LogP contribution in [-0.2, 0) is 0 Å². The van der Waals surface area contributed by atoms with Gasteiger partial charge in [-0.25, -0.2) is 0 Å². The second-order valence-corrected chi connectivity index (χ2v) is 7.83. The number of fused-ring (bicyclic) bond motifs is 2. The summed E-state index contributed by atoms with van der Waals surface area (Å²) in [6.07, 6.45) is 0. The Morgan fingerprint density at radius 1 is 0.941 bits per heavy atom. The van der Waals surface area contributed by atoms with Crippen LogP contribution in [0.2, 0.25) is 0 Å². The molecule has 0 saturated heterocycles. The second-order valence-electron chi connectivity index (χ2n) is 7.83. The number of amides is 1. The molecule has 1 unspecified atom stereocenters. The molecule has 0 fully saturated rings. The summed E-state index contributed by atoms with van der Waals surface area (Å²) in [6.45, 7) is 4.59. The topological polar surface area (TPSA) is 89.2 Å². The molecule has 7 heteroatoms. The molecule has 1 amide bonds. The predicted octanol–water partition coefficient (Wildman–Crippen LogP) is 5.05. The zero-order valence-electron chi connectivity index (χ0n) is 18.8. The van der Waals surface area contributed by atoms with E-state index in [0.29, 0.717) is 41.2 Å². The molecule has 3 aromatic carbocycles. The van der Waals surface area contributed by atoms with Crippen LogP contribution in [0.3, 0.4) is 0 Å². The summed E-state index contributed by atoms with van der Waals surface area (Å²) in [6, 6.07) is 18.1. The largest absolute Gasteiger partial charge is 0.504 e. The molecular formula is C27H23NO6. The molecule has 0 bridgehead atoms. The highest BCUT2D eigenvalue weighted by atomic mass is 16.5. The smallest absolute Gasteiger partial charge is 0.295 e. The highest BCUT2D eigenvalue weighted by Gasteiger charge is 2.43. The Kier molecular flexibility index (Phi) is 5.45. The van der Waals surface area contributed by atoms with Gasteiger partial charge in [0, 0.05) is 5.69 Å². The SMILES string of the molecule is CCOc1ccc(N2C(=O)c3oc4ccccc4c(=O)c3C2c2ccc(O)c(OCC)c2)cc1. The Labute approximate surface area is 195 Å². The maximum absolute atomic E-state index is 13.6. The number of carbonyl (C=O) groups excluding carboxylic acids is 1. The molecule has 1 N–H and O–H groups in total. The zero-order chi connectivity index (χ0) is 23.8. The normalized spacial score (nSPS) is 14.9. The summed E-state index contributed by atoms with van der Waals surface area (Å²) in [4.78, 5) is 28.8. The fourth-order valence-corrected chi connectivity index (χ4v) is 4.34. The van der Waals surface area contributed by atoms with Crippen LogP contribution in [-0.4, -0.2) is 24.2 Å². The van der Waals surface area contributed by atoms with Crippen LogP contribution in [0.4, 0.5) is 5.69 Å². The van der Waals surface area contributed by atoms with Crippen LogP contribution in [0.1, 0.15) is 41.6 Å². The van der Waals surface area contributed by atoms with Crippen LogP contribution >= 0.6 is 0 Å². The minimum absolute atomic E-state index is 0.00798. The maximum Gasteiger partial charge on any atom is 0.295 e. The Morgan fingerprint density at radius 2 is 1.68 bits per heavy atom. The zero-order valence-corrected chi connectivity index (χ0v) is 18.8. The van der Waals surface area contributed by atoms with Crippen LogP contribution in [0.25, 0.3) is 11.0 Å². The molecule has 172 valence electrons. The van der Waals surface area contributed by atoms with Gasteiger partial charge in [-0.15, -0.1) is 0 Å². The number of nitrogens with zero attached hydrogens (tertiary/aromatic N) is 1. The first kappa shape index (κ1) is 21.6.